The first-order valence-electron chi connectivity index (χ1n) is 7.77. The highest BCUT2D eigenvalue weighted by molar-refractivity contribution is 4.83. The Hall–Kier alpha value is -0.0800. The van der Waals surface area contributed by atoms with Crippen LogP contribution in [0.5, 0.6) is 0 Å². The molecule has 100 valence electrons. The van der Waals surface area contributed by atoms with Crippen LogP contribution in [0, 0.1) is 5.92 Å². The maximum absolute atomic E-state index is 3.61. The zero-order chi connectivity index (χ0) is 12.1. The quantitative estimate of drug-likeness (QED) is 0.813. The van der Waals surface area contributed by atoms with Crippen LogP contribution in [0.15, 0.2) is 0 Å². The van der Waals surface area contributed by atoms with Crippen molar-refractivity contribution in [3.05, 3.63) is 0 Å². The van der Waals surface area contributed by atoms with Crippen LogP contribution in [-0.4, -0.2) is 36.6 Å². The Balaban J connectivity index is 1.75. The molecule has 0 aromatic rings. The summed E-state index contributed by atoms with van der Waals surface area (Å²) < 4.78 is 0. The second kappa shape index (κ2) is 6.75. The maximum atomic E-state index is 3.61. The zero-order valence-electron chi connectivity index (χ0n) is 11.8. The summed E-state index contributed by atoms with van der Waals surface area (Å²) in [5, 5.41) is 3.61. The van der Waals surface area contributed by atoms with Gasteiger partial charge in [0.25, 0.3) is 0 Å². The molecule has 0 aromatic heterocycles. The van der Waals surface area contributed by atoms with Gasteiger partial charge >= 0.3 is 0 Å². The average molecular weight is 238 g/mol. The summed E-state index contributed by atoms with van der Waals surface area (Å²) in [7, 11) is 0. The van der Waals surface area contributed by atoms with Gasteiger partial charge in [-0.3, -0.25) is 0 Å². The average Bonchev–Trinajstić information content (AvgIpc) is 2.56. The van der Waals surface area contributed by atoms with E-state index in [0.717, 1.165) is 24.5 Å². The van der Waals surface area contributed by atoms with Crippen molar-refractivity contribution >= 4 is 0 Å². The molecule has 2 heteroatoms. The van der Waals surface area contributed by atoms with Crippen molar-refractivity contribution in [1.82, 2.24) is 10.2 Å². The van der Waals surface area contributed by atoms with Gasteiger partial charge in [0.05, 0.1) is 0 Å². The minimum atomic E-state index is 0.808. The fraction of sp³-hybridized carbons (Fsp3) is 1.00. The van der Waals surface area contributed by atoms with Crippen molar-refractivity contribution < 1.29 is 0 Å². The van der Waals surface area contributed by atoms with Crippen molar-refractivity contribution in [3.63, 3.8) is 0 Å². The lowest BCUT2D eigenvalue weighted by molar-refractivity contribution is 0.147. The monoisotopic (exact) mass is 238 g/mol. The van der Waals surface area contributed by atoms with Gasteiger partial charge in [0.1, 0.15) is 0 Å². The lowest BCUT2D eigenvalue weighted by Gasteiger charge is -2.36. The Labute approximate surface area is 107 Å². The van der Waals surface area contributed by atoms with Crippen molar-refractivity contribution in [2.45, 2.75) is 70.9 Å². The summed E-state index contributed by atoms with van der Waals surface area (Å²) >= 11 is 0. The van der Waals surface area contributed by atoms with Gasteiger partial charge in [-0.15, -0.1) is 0 Å². The predicted molar refractivity (Wildman–Crippen MR) is 74.3 cm³/mol. The van der Waals surface area contributed by atoms with Crippen molar-refractivity contribution in [2.75, 3.05) is 19.6 Å². The second-order valence-electron chi connectivity index (χ2n) is 6.14. The Bertz CT molecular complexity index is 209. The predicted octanol–water partition coefficient (Wildman–Crippen LogP) is 3.03. The first-order valence-corrected chi connectivity index (χ1v) is 7.77. The molecule has 0 amide bonds. The van der Waals surface area contributed by atoms with Crippen LogP contribution < -0.4 is 5.32 Å². The fourth-order valence-electron chi connectivity index (χ4n) is 3.58. The molecule has 2 fully saturated rings. The second-order valence-corrected chi connectivity index (χ2v) is 6.14. The Morgan fingerprint density at radius 1 is 1.00 bits per heavy atom. The van der Waals surface area contributed by atoms with Crippen molar-refractivity contribution in [1.29, 1.82) is 0 Å². The molecular formula is C15H30N2. The van der Waals surface area contributed by atoms with E-state index in [1.165, 1.54) is 58.0 Å². The molecular weight excluding hydrogens is 208 g/mol. The molecule has 1 N–H and O–H groups in total. The molecule has 1 aliphatic heterocycles. The zero-order valence-corrected chi connectivity index (χ0v) is 11.8. The third kappa shape index (κ3) is 3.96. The third-order valence-corrected chi connectivity index (χ3v) is 4.76. The molecule has 0 bridgehead atoms. The van der Waals surface area contributed by atoms with E-state index in [4.69, 9.17) is 0 Å². The molecule has 0 radical (unpaired) electrons. The summed E-state index contributed by atoms with van der Waals surface area (Å²) in [6.07, 6.45) is 9.93. The topological polar surface area (TPSA) is 15.3 Å². The summed E-state index contributed by atoms with van der Waals surface area (Å²) in [4.78, 5) is 2.80. The number of hydrogen-bond acceptors (Lipinski definition) is 2. The highest BCUT2D eigenvalue weighted by atomic mass is 15.2. The van der Waals surface area contributed by atoms with E-state index in [2.05, 4.69) is 24.1 Å². The summed E-state index contributed by atoms with van der Waals surface area (Å²) in [6, 6.07) is 1.71. The molecule has 1 saturated carbocycles. The summed E-state index contributed by atoms with van der Waals surface area (Å²) in [5.74, 6) is 0.957. The lowest BCUT2D eigenvalue weighted by Crippen LogP contribution is -2.42. The number of nitrogens with one attached hydrogen (secondary N) is 1. The standard InChI is InChI=1S/C15H30N2/c1-3-16-14-6-8-15(9-7-14)17-11-4-5-13(2)10-12-17/h13-16H,3-12H2,1-2H3. The molecule has 17 heavy (non-hydrogen) atoms. The number of hydrogen-bond donors (Lipinski definition) is 1. The van der Waals surface area contributed by atoms with Crippen LogP contribution in [0.1, 0.15) is 58.8 Å². The SMILES string of the molecule is CCNC1CCC(N2CCCC(C)CC2)CC1. The molecule has 2 rings (SSSR count). The summed E-state index contributed by atoms with van der Waals surface area (Å²) in [6.45, 7) is 8.50. The molecule has 1 saturated heterocycles. The normalized spacial score (nSPS) is 36.7. The first kappa shape index (κ1) is 13.4. The number of rotatable bonds is 3. The number of likely N-dealkylation sites (tertiary alicyclic amines) is 1. The van der Waals surface area contributed by atoms with Gasteiger partial charge in [-0.1, -0.05) is 13.8 Å². The highest BCUT2D eigenvalue weighted by Crippen LogP contribution is 2.26. The van der Waals surface area contributed by atoms with Gasteiger partial charge in [-0.2, -0.15) is 0 Å². The highest BCUT2D eigenvalue weighted by Gasteiger charge is 2.26. The van der Waals surface area contributed by atoms with Gasteiger partial charge in [0.15, 0.2) is 0 Å². The van der Waals surface area contributed by atoms with Crippen LogP contribution in [0.25, 0.3) is 0 Å². The molecule has 0 spiro atoms. The van der Waals surface area contributed by atoms with Gasteiger partial charge < -0.3 is 10.2 Å². The molecule has 2 aliphatic rings. The Morgan fingerprint density at radius 2 is 1.76 bits per heavy atom. The van der Waals surface area contributed by atoms with E-state index in [9.17, 15) is 0 Å². The smallest absolute Gasteiger partial charge is 0.00964 e. The van der Waals surface area contributed by atoms with Crippen LogP contribution in [0.4, 0.5) is 0 Å². The van der Waals surface area contributed by atoms with Gasteiger partial charge in [-0.05, 0) is 70.5 Å². The minimum absolute atomic E-state index is 0.808. The minimum Gasteiger partial charge on any atom is -0.314 e. The molecule has 1 unspecified atom stereocenters. The van der Waals surface area contributed by atoms with Crippen molar-refractivity contribution in [3.8, 4) is 0 Å². The van der Waals surface area contributed by atoms with Gasteiger partial charge in [0.2, 0.25) is 0 Å². The molecule has 0 aromatic carbocycles. The molecule has 2 nitrogen and oxygen atoms in total. The Kier molecular flexibility index (Phi) is 5.30. The van der Waals surface area contributed by atoms with E-state index in [1.807, 2.05) is 0 Å². The van der Waals surface area contributed by atoms with Crippen LogP contribution >= 0.6 is 0 Å². The van der Waals surface area contributed by atoms with Gasteiger partial charge in [0, 0.05) is 12.1 Å². The Morgan fingerprint density at radius 3 is 2.47 bits per heavy atom. The van der Waals surface area contributed by atoms with Crippen LogP contribution in [-0.2, 0) is 0 Å². The van der Waals surface area contributed by atoms with E-state index in [1.54, 1.807) is 0 Å². The fourth-order valence-corrected chi connectivity index (χ4v) is 3.58. The van der Waals surface area contributed by atoms with Gasteiger partial charge in [-0.25, -0.2) is 0 Å². The van der Waals surface area contributed by atoms with E-state index < -0.39 is 0 Å². The van der Waals surface area contributed by atoms with E-state index in [-0.39, 0.29) is 0 Å². The van der Waals surface area contributed by atoms with Crippen molar-refractivity contribution in [2.24, 2.45) is 5.92 Å². The maximum Gasteiger partial charge on any atom is 0.00964 e. The molecule has 1 aliphatic carbocycles. The van der Waals surface area contributed by atoms with Crippen LogP contribution in [0.2, 0.25) is 0 Å². The molecule has 1 atom stereocenters. The first-order chi connectivity index (χ1) is 8.29. The largest absolute Gasteiger partial charge is 0.314 e. The third-order valence-electron chi connectivity index (χ3n) is 4.76. The molecule has 1 heterocycles. The van der Waals surface area contributed by atoms with E-state index in [0.29, 0.717) is 0 Å². The van der Waals surface area contributed by atoms with Crippen LogP contribution in [0.3, 0.4) is 0 Å². The lowest BCUT2D eigenvalue weighted by atomic mass is 9.90. The number of nitrogens with zero attached hydrogens (tertiary/aromatic N) is 1. The van der Waals surface area contributed by atoms with E-state index >= 15 is 0 Å². The summed E-state index contributed by atoms with van der Waals surface area (Å²) in [5.41, 5.74) is 0.